The van der Waals surface area contributed by atoms with Crippen molar-refractivity contribution >= 4 is 22.2 Å². The van der Waals surface area contributed by atoms with Crippen molar-refractivity contribution < 1.29 is 5.11 Å². The lowest BCUT2D eigenvalue weighted by molar-refractivity contribution is 0.475. The SMILES string of the molecule is CCc1ccccc1Nc1nc(-c2ccc(O)cc2)cs1. The van der Waals surface area contributed by atoms with Gasteiger partial charge in [0.15, 0.2) is 5.13 Å². The van der Waals surface area contributed by atoms with E-state index in [9.17, 15) is 5.11 Å². The number of thiazole rings is 1. The zero-order chi connectivity index (χ0) is 14.7. The highest BCUT2D eigenvalue weighted by atomic mass is 32.1. The second kappa shape index (κ2) is 5.97. The Labute approximate surface area is 127 Å². The average Bonchev–Trinajstić information content (AvgIpc) is 2.97. The molecule has 0 radical (unpaired) electrons. The zero-order valence-corrected chi connectivity index (χ0v) is 12.5. The van der Waals surface area contributed by atoms with Crippen molar-refractivity contribution in [3.05, 3.63) is 59.5 Å². The maximum absolute atomic E-state index is 9.33. The monoisotopic (exact) mass is 296 g/mol. The topological polar surface area (TPSA) is 45.2 Å². The molecular formula is C17H16N2OS. The first kappa shape index (κ1) is 13.6. The molecule has 0 saturated heterocycles. The van der Waals surface area contributed by atoms with E-state index in [0.29, 0.717) is 0 Å². The van der Waals surface area contributed by atoms with Crippen LogP contribution in [0.15, 0.2) is 53.9 Å². The summed E-state index contributed by atoms with van der Waals surface area (Å²) in [5.41, 5.74) is 4.29. The number of benzene rings is 2. The lowest BCUT2D eigenvalue weighted by Gasteiger charge is -2.07. The highest BCUT2D eigenvalue weighted by Gasteiger charge is 2.06. The summed E-state index contributed by atoms with van der Waals surface area (Å²) in [7, 11) is 0. The molecule has 0 fully saturated rings. The van der Waals surface area contributed by atoms with Crippen molar-refractivity contribution in [1.29, 1.82) is 0 Å². The van der Waals surface area contributed by atoms with Gasteiger partial charge in [0.05, 0.1) is 5.69 Å². The molecule has 1 aromatic heterocycles. The van der Waals surface area contributed by atoms with Gasteiger partial charge in [-0.25, -0.2) is 4.98 Å². The number of hydrogen-bond acceptors (Lipinski definition) is 4. The van der Waals surface area contributed by atoms with E-state index in [2.05, 4.69) is 29.4 Å². The number of hydrogen-bond donors (Lipinski definition) is 2. The molecule has 0 saturated carbocycles. The van der Waals surface area contributed by atoms with Crippen molar-refractivity contribution in [2.75, 3.05) is 5.32 Å². The summed E-state index contributed by atoms with van der Waals surface area (Å²) in [4.78, 5) is 4.61. The first-order valence-corrected chi connectivity index (χ1v) is 7.74. The standard InChI is InChI=1S/C17H16N2OS/c1-2-12-5-3-4-6-15(12)18-17-19-16(11-21-17)13-7-9-14(20)10-8-13/h3-11,20H,2H2,1H3,(H,18,19). The van der Waals surface area contributed by atoms with E-state index in [1.165, 1.54) is 5.56 Å². The summed E-state index contributed by atoms with van der Waals surface area (Å²) in [6.45, 7) is 2.14. The Hall–Kier alpha value is -2.33. The molecule has 21 heavy (non-hydrogen) atoms. The molecule has 0 amide bonds. The Kier molecular flexibility index (Phi) is 3.88. The van der Waals surface area contributed by atoms with Crippen LogP contribution in [0.25, 0.3) is 11.3 Å². The summed E-state index contributed by atoms with van der Waals surface area (Å²) in [6, 6.07) is 15.4. The third-order valence-electron chi connectivity index (χ3n) is 3.31. The Balaban J connectivity index is 1.83. The fourth-order valence-corrected chi connectivity index (χ4v) is 2.89. The third kappa shape index (κ3) is 3.06. The molecule has 106 valence electrons. The lowest BCUT2D eigenvalue weighted by Crippen LogP contribution is -1.94. The molecule has 0 bridgehead atoms. The fourth-order valence-electron chi connectivity index (χ4n) is 2.16. The lowest BCUT2D eigenvalue weighted by atomic mass is 10.1. The maximum atomic E-state index is 9.33. The second-order valence-electron chi connectivity index (χ2n) is 4.72. The normalized spacial score (nSPS) is 10.5. The molecule has 0 spiro atoms. The van der Waals surface area contributed by atoms with Crippen LogP contribution in [0.5, 0.6) is 5.75 Å². The second-order valence-corrected chi connectivity index (χ2v) is 5.58. The van der Waals surface area contributed by atoms with E-state index in [0.717, 1.165) is 28.5 Å². The molecule has 2 aromatic carbocycles. The number of nitrogens with one attached hydrogen (secondary N) is 1. The van der Waals surface area contributed by atoms with Crippen molar-refractivity contribution in [3.63, 3.8) is 0 Å². The quantitative estimate of drug-likeness (QED) is 0.725. The van der Waals surface area contributed by atoms with E-state index in [4.69, 9.17) is 0 Å². The molecule has 0 aliphatic carbocycles. The van der Waals surface area contributed by atoms with Crippen LogP contribution >= 0.6 is 11.3 Å². The fraction of sp³-hybridized carbons (Fsp3) is 0.118. The predicted octanol–water partition coefficient (Wildman–Crippen LogP) is 4.82. The first-order chi connectivity index (χ1) is 10.3. The number of aromatic nitrogens is 1. The van der Waals surface area contributed by atoms with Gasteiger partial charge in [-0.15, -0.1) is 11.3 Å². The zero-order valence-electron chi connectivity index (χ0n) is 11.7. The molecule has 1 heterocycles. The molecule has 0 aliphatic rings. The largest absolute Gasteiger partial charge is 0.508 e. The Morgan fingerprint density at radius 3 is 2.62 bits per heavy atom. The minimum Gasteiger partial charge on any atom is -0.508 e. The van der Waals surface area contributed by atoms with Gasteiger partial charge < -0.3 is 10.4 Å². The van der Waals surface area contributed by atoms with Gasteiger partial charge in [-0.1, -0.05) is 25.1 Å². The van der Waals surface area contributed by atoms with Gasteiger partial charge in [0, 0.05) is 16.6 Å². The number of aryl methyl sites for hydroxylation is 1. The van der Waals surface area contributed by atoms with Crippen LogP contribution in [0, 0.1) is 0 Å². The van der Waals surface area contributed by atoms with Crippen LogP contribution < -0.4 is 5.32 Å². The predicted molar refractivity (Wildman–Crippen MR) is 88.3 cm³/mol. The number of aromatic hydroxyl groups is 1. The third-order valence-corrected chi connectivity index (χ3v) is 4.06. The van der Waals surface area contributed by atoms with Crippen LogP contribution in [0.1, 0.15) is 12.5 Å². The summed E-state index contributed by atoms with van der Waals surface area (Å²) in [6.07, 6.45) is 0.985. The van der Waals surface area contributed by atoms with Crippen molar-refractivity contribution in [2.45, 2.75) is 13.3 Å². The summed E-state index contributed by atoms with van der Waals surface area (Å²) in [5, 5.41) is 15.6. The highest BCUT2D eigenvalue weighted by molar-refractivity contribution is 7.14. The van der Waals surface area contributed by atoms with E-state index in [1.807, 2.05) is 29.6 Å². The number of para-hydroxylation sites is 1. The number of rotatable bonds is 4. The number of phenolic OH excluding ortho intramolecular Hbond substituents is 1. The smallest absolute Gasteiger partial charge is 0.187 e. The van der Waals surface area contributed by atoms with Crippen molar-refractivity contribution in [1.82, 2.24) is 4.98 Å². The number of phenols is 1. The summed E-state index contributed by atoms with van der Waals surface area (Å²) in [5.74, 6) is 0.268. The van der Waals surface area contributed by atoms with Crippen molar-refractivity contribution in [2.24, 2.45) is 0 Å². The van der Waals surface area contributed by atoms with Gasteiger partial charge in [0.2, 0.25) is 0 Å². The Morgan fingerprint density at radius 2 is 1.86 bits per heavy atom. The molecule has 3 nitrogen and oxygen atoms in total. The van der Waals surface area contributed by atoms with Gasteiger partial charge in [-0.05, 0) is 42.3 Å². The minimum absolute atomic E-state index is 0.268. The summed E-state index contributed by atoms with van der Waals surface area (Å²) < 4.78 is 0. The highest BCUT2D eigenvalue weighted by Crippen LogP contribution is 2.29. The van der Waals surface area contributed by atoms with Gasteiger partial charge >= 0.3 is 0 Å². The van der Waals surface area contributed by atoms with Gasteiger partial charge in [0.25, 0.3) is 0 Å². The molecular weight excluding hydrogens is 280 g/mol. The van der Waals surface area contributed by atoms with Crippen LogP contribution in [-0.2, 0) is 6.42 Å². The maximum Gasteiger partial charge on any atom is 0.187 e. The molecule has 0 aliphatic heterocycles. The van der Waals surface area contributed by atoms with Gasteiger partial charge in [0.1, 0.15) is 5.75 Å². The first-order valence-electron chi connectivity index (χ1n) is 6.86. The molecule has 4 heteroatoms. The van der Waals surface area contributed by atoms with Crippen LogP contribution in [0.2, 0.25) is 0 Å². The Morgan fingerprint density at radius 1 is 1.10 bits per heavy atom. The van der Waals surface area contributed by atoms with E-state index < -0.39 is 0 Å². The Bertz CT molecular complexity index is 735. The molecule has 3 aromatic rings. The molecule has 0 unspecified atom stereocenters. The average molecular weight is 296 g/mol. The molecule has 0 atom stereocenters. The molecule has 2 N–H and O–H groups in total. The van der Waals surface area contributed by atoms with E-state index in [-0.39, 0.29) is 5.75 Å². The number of anilines is 2. The number of nitrogens with zero attached hydrogens (tertiary/aromatic N) is 1. The summed E-state index contributed by atoms with van der Waals surface area (Å²) >= 11 is 1.58. The van der Waals surface area contributed by atoms with Crippen LogP contribution in [-0.4, -0.2) is 10.1 Å². The van der Waals surface area contributed by atoms with Crippen LogP contribution in [0.3, 0.4) is 0 Å². The molecule has 3 rings (SSSR count). The van der Waals surface area contributed by atoms with Crippen molar-refractivity contribution in [3.8, 4) is 17.0 Å². The van der Waals surface area contributed by atoms with E-state index >= 15 is 0 Å². The van der Waals surface area contributed by atoms with Crippen LogP contribution in [0.4, 0.5) is 10.8 Å². The van der Waals surface area contributed by atoms with Gasteiger partial charge in [-0.2, -0.15) is 0 Å². The van der Waals surface area contributed by atoms with Gasteiger partial charge in [-0.3, -0.25) is 0 Å². The van der Waals surface area contributed by atoms with E-state index in [1.54, 1.807) is 23.5 Å². The minimum atomic E-state index is 0.268.